The van der Waals surface area contributed by atoms with Crippen LogP contribution in [0.15, 0.2) is 0 Å². The van der Waals surface area contributed by atoms with E-state index in [1.807, 2.05) is 0 Å². The van der Waals surface area contributed by atoms with Gasteiger partial charge in [-0.25, -0.2) is 4.79 Å². The molecule has 0 bridgehead atoms. The highest BCUT2D eigenvalue weighted by Gasteiger charge is 2.35. The van der Waals surface area contributed by atoms with Crippen LogP contribution >= 0.6 is 0 Å². The highest BCUT2D eigenvalue weighted by molar-refractivity contribution is 6.01. The monoisotopic (exact) mass is 284 g/mol. The zero-order chi connectivity index (χ0) is 15.3. The Kier molecular flexibility index (Phi) is 5.53. The number of ether oxygens (including phenoxy) is 2. The van der Waals surface area contributed by atoms with Gasteiger partial charge in [0.25, 0.3) is 0 Å². The topological polar surface area (TPSA) is 79.7 Å². The fraction of sp³-hybridized carbons (Fsp3) is 0.786. The Morgan fingerprint density at radius 2 is 2.00 bits per heavy atom. The van der Waals surface area contributed by atoms with E-state index >= 15 is 0 Å². The molecule has 1 saturated heterocycles. The van der Waals surface area contributed by atoms with Gasteiger partial charge in [0, 0.05) is 12.3 Å². The summed E-state index contributed by atoms with van der Waals surface area (Å²) in [4.78, 5) is 25.0. The van der Waals surface area contributed by atoms with Crippen molar-refractivity contribution >= 4 is 17.8 Å². The molecule has 0 aromatic rings. The predicted molar refractivity (Wildman–Crippen MR) is 74.9 cm³/mol. The summed E-state index contributed by atoms with van der Waals surface area (Å²) in [6.07, 6.45) is 1.01. The van der Waals surface area contributed by atoms with Crippen molar-refractivity contribution in [2.24, 2.45) is 0 Å². The molecule has 1 heterocycles. The molecule has 1 rings (SSSR count). The van der Waals surface area contributed by atoms with Crippen molar-refractivity contribution in [2.75, 3.05) is 13.2 Å². The number of esters is 1. The minimum atomic E-state index is -0.562. The zero-order valence-electron chi connectivity index (χ0n) is 12.7. The minimum absolute atomic E-state index is 0.0716. The molecular weight excluding hydrogens is 260 g/mol. The van der Waals surface area contributed by atoms with Crippen LogP contribution < -0.4 is 0 Å². The van der Waals surface area contributed by atoms with Crippen molar-refractivity contribution < 1.29 is 19.1 Å². The van der Waals surface area contributed by atoms with Gasteiger partial charge in [0.05, 0.1) is 19.1 Å². The molecule has 0 spiro atoms. The van der Waals surface area contributed by atoms with Crippen molar-refractivity contribution in [1.82, 2.24) is 4.90 Å². The molecule has 0 aliphatic carbocycles. The maximum Gasteiger partial charge on any atom is 0.410 e. The molecule has 6 nitrogen and oxygen atoms in total. The van der Waals surface area contributed by atoms with Crippen LogP contribution in [0.3, 0.4) is 0 Å². The number of nitrogens with one attached hydrogen (secondary N) is 1. The quantitative estimate of drug-likeness (QED) is 0.635. The van der Waals surface area contributed by atoms with E-state index in [0.717, 1.165) is 6.42 Å². The van der Waals surface area contributed by atoms with E-state index < -0.39 is 17.7 Å². The van der Waals surface area contributed by atoms with Gasteiger partial charge in [0.15, 0.2) is 0 Å². The Balaban J connectivity index is 2.62. The lowest BCUT2D eigenvalue weighted by atomic mass is 10.1. The SMILES string of the molecule is CCOC(=O)CC(=N)[C@H]1CCCN1C(=O)OC(C)(C)C. The Hall–Kier alpha value is -1.59. The molecule has 1 N–H and O–H groups in total. The van der Waals surface area contributed by atoms with E-state index in [4.69, 9.17) is 14.9 Å². The molecular formula is C14H24N2O4. The molecule has 6 heteroatoms. The molecule has 0 saturated carbocycles. The van der Waals surface area contributed by atoms with Gasteiger partial charge in [-0.3, -0.25) is 9.69 Å². The smallest absolute Gasteiger partial charge is 0.410 e. The second-order valence-corrected chi connectivity index (χ2v) is 5.84. The van der Waals surface area contributed by atoms with Crippen LogP contribution in [0.4, 0.5) is 4.79 Å². The molecule has 0 unspecified atom stereocenters. The van der Waals surface area contributed by atoms with Crippen molar-refractivity contribution in [1.29, 1.82) is 5.41 Å². The van der Waals surface area contributed by atoms with Crippen LogP contribution in [0, 0.1) is 5.41 Å². The maximum atomic E-state index is 12.1. The third-order valence-electron chi connectivity index (χ3n) is 2.92. The van der Waals surface area contributed by atoms with Crippen molar-refractivity contribution in [3.63, 3.8) is 0 Å². The maximum absolute atomic E-state index is 12.1. The lowest BCUT2D eigenvalue weighted by Crippen LogP contribution is -2.43. The van der Waals surface area contributed by atoms with E-state index in [-0.39, 0.29) is 18.2 Å². The van der Waals surface area contributed by atoms with Crippen LogP contribution in [0.2, 0.25) is 0 Å². The number of carbonyl (C=O) groups excluding carboxylic acids is 2. The molecule has 1 fully saturated rings. The summed E-state index contributed by atoms with van der Waals surface area (Å²) in [5.74, 6) is -0.423. The summed E-state index contributed by atoms with van der Waals surface area (Å²) in [5, 5.41) is 8.00. The number of hydrogen-bond donors (Lipinski definition) is 1. The van der Waals surface area contributed by atoms with Crippen molar-refractivity contribution in [3.05, 3.63) is 0 Å². The van der Waals surface area contributed by atoms with Crippen LogP contribution in [0.1, 0.15) is 47.0 Å². The van der Waals surface area contributed by atoms with Gasteiger partial charge < -0.3 is 14.9 Å². The predicted octanol–water partition coefficient (Wildman–Crippen LogP) is 2.36. The normalized spacial score (nSPS) is 18.8. The van der Waals surface area contributed by atoms with E-state index in [0.29, 0.717) is 19.6 Å². The van der Waals surface area contributed by atoms with E-state index in [1.165, 1.54) is 4.90 Å². The molecule has 1 aliphatic heterocycles. The lowest BCUT2D eigenvalue weighted by Gasteiger charge is -2.28. The Morgan fingerprint density at radius 3 is 2.55 bits per heavy atom. The van der Waals surface area contributed by atoms with Gasteiger partial charge >= 0.3 is 12.1 Å². The second kappa shape index (κ2) is 6.72. The first-order chi connectivity index (χ1) is 9.24. The van der Waals surface area contributed by atoms with Crippen molar-refractivity contribution in [2.45, 2.75) is 58.6 Å². The molecule has 0 radical (unpaired) electrons. The number of carbonyl (C=O) groups is 2. The first-order valence-electron chi connectivity index (χ1n) is 6.97. The standard InChI is InChI=1S/C14H24N2O4/c1-5-19-12(17)9-10(15)11-7-6-8-16(11)13(18)20-14(2,3)4/h11,15H,5-9H2,1-4H3/t11-/m1/s1. The fourth-order valence-electron chi connectivity index (χ4n) is 2.15. The van der Waals surface area contributed by atoms with Gasteiger partial charge in [-0.05, 0) is 40.5 Å². The molecule has 1 aliphatic rings. The van der Waals surface area contributed by atoms with Crippen LogP contribution in [0.5, 0.6) is 0 Å². The number of hydrogen-bond acceptors (Lipinski definition) is 5. The summed E-state index contributed by atoms with van der Waals surface area (Å²) < 4.78 is 10.2. The number of rotatable bonds is 4. The highest BCUT2D eigenvalue weighted by atomic mass is 16.6. The average molecular weight is 284 g/mol. The third kappa shape index (κ3) is 4.83. The minimum Gasteiger partial charge on any atom is -0.466 e. The molecule has 0 aromatic heterocycles. The van der Waals surface area contributed by atoms with Gasteiger partial charge in [0.1, 0.15) is 5.60 Å². The molecule has 1 amide bonds. The van der Waals surface area contributed by atoms with E-state index in [2.05, 4.69) is 0 Å². The molecule has 0 aromatic carbocycles. The van der Waals surface area contributed by atoms with Gasteiger partial charge in [0.2, 0.25) is 0 Å². The number of amides is 1. The van der Waals surface area contributed by atoms with E-state index in [9.17, 15) is 9.59 Å². The van der Waals surface area contributed by atoms with Gasteiger partial charge in [-0.2, -0.15) is 0 Å². The lowest BCUT2D eigenvalue weighted by molar-refractivity contribution is -0.141. The average Bonchev–Trinajstić information content (AvgIpc) is 2.75. The third-order valence-corrected chi connectivity index (χ3v) is 2.92. The summed E-state index contributed by atoms with van der Waals surface area (Å²) in [6.45, 7) is 8.00. The first-order valence-corrected chi connectivity index (χ1v) is 6.97. The fourth-order valence-corrected chi connectivity index (χ4v) is 2.15. The summed E-state index contributed by atoms with van der Waals surface area (Å²) in [5.41, 5.74) is -0.347. The molecule has 1 atom stereocenters. The summed E-state index contributed by atoms with van der Waals surface area (Å²) in [6, 6.07) is -0.353. The summed E-state index contributed by atoms with van der Waals surface area (Å²) >= 11 is 0. The largest absolute Gasteiger partial charge is 0.466 e. The van der Waals surface area contributed by atoms with Gasteiger partial charge in [-0.1, -0.05) is 0 Å². The van der Waals surface area contributed by atoms with Crippen LogP contribution in [0.25, 0.3) is 0 Å². The van der Waals surface area contributed by atoms with Crippen molar-refractivity contribution in [3.8, 4) is 0 Å². The van der Waals surface area contributed by atoms with E-state index in [1.54, 1.807) is 27.7 Å². The highest BCUT2D eigenvalue weighted by Crippen LogP contribution is 2.22. The second-order valence-electron chi connectivity index (χ2n) is 5.84. The first kappa shape index (κ1) is 16.5. The van der Waals surface area contributed by atoms with Gasteiger partial charge in [-0.15, -0.1) is 0 Å². The van der Waals surface area contributed by atoms with Crippen LogP contribution in [-0.4, -0.2) is 47.5 Å². The Bertz CT molecular complexity index is 387. The zero-order valence-corrected chi connectivity index (χ0v) is 12.7. The van der Waals surface area contributed by atoms with Crippen LogP contribution in [-0.2, 0) is 14.3 Å². The number of nitrogens with zero attached hydrogens (tertiary/aromatic N) is 1. The molecule has 114 valence electrons. The molecule has 20 heavy (non-hydrogen) atoms. The Morgan fingerprint density at radius 1 is 1.35 bits per heavy atom. The Labute approximate surface area is 119 Å². The number of likely N-dealkylation sites (tertiary alicyclic amines) is 1. The summed E-state index contributed by atoms with van der Waals surface area (Å²) in [7, 11) is 0.